The Hall–Kier alpha value is -1.91. The predicted octanol–water partition coefficient (Wildman–Crippen LogP) is 2.16. The summed E-state index contributed by atoms with van der Waals surface area (Å²) in [5.41, 5.74) is 0.878. The molecule has 1 aliphatic rings. The number of carbonyl (C=O) groups is 2. The van der Waals surface area contributed by atoms with Crippen LogP contribution in [0, 0.1) is 5.92 Å². The highest BCUT2D eigenvalue weighted by Crippen LogP contribution is 2.24. The molecule has 21 heavy (non-hydrogen) atoms. The van der Waals surface area contributed by atoms with Crippen molar-refractivity contribution in [3.63, 3.8) is 0 Å². The van der Waals surface area contributed by atoms with E-state index in [0.717, 1.165) is 31.4 Å². The molecule has 0 saturated heterocycles. The van der Waals surface area contributed by atoms with E-state index in [-0.39, 0.29) is 11.9 Å². The first-order chi connectivity index (χ1) is 10.2. The van der Waals surface area contributed by atoms with Gasteiger partial charge in [-0.25, -0.2) is 0 Å². The van der Waals surface area contributed by atoms with Gasteiger partial charge in [-0.15, -0.1) is 0 Å². The number of aromatic nitrogens is 1. The number of nitrogens with one attached hydrogen (secondary N) is 1. The highest BCUT2D eigenvalue weighted by Gasteiger charge is 2.30. The van der Waals surface area contributed by atoms with E-state index in [4.69, 9.17) is 0 Å². The summed E-state index contributed by atoms with van der Waals surface area (Å²) in [5, 5.41) is 12.2. The topological polar surface area (TPSA) is 79.3 Å². The van der Waals surface area contributed by atoms with Gasteiger partial charge in [0.05, 0.1) is 5.92 Å². The number of aryl methyl sites for hydroxylation is 1. The standard InChI is InChI=1S/C16H22N2O3/c19-15(10-9-12-6-4-5-11-17-12)18-14-8-3-1-2-7-13(14)16(20)21/h4-6,11,13-14H,1-3,7-10H2,(H,18,19)(H,20,21). The van der Waals surface area contributed by atoms with E-state index >= 15 is 0 Å². The Morgan fingerprint density at radius 1 is 1.24 bits per heavy atom. The third-order valence-corrected chi connectivity index (χ3v) is 4.01. The molecule has 1 aromatic heterocycles. The first-order valence-corrected chi connectivity index (χ1v) is 7.59. The number of pyridine rings is 1. The number of rotatable bonds is 5. The Labute approximate surface area is 124 Å². The molecular weight excluding hydrogens is 268 g/mol. The van der Waals surface area contributed by atoms with E-state index in [1.54, 1.807) is 6.20 Å². The van der Waals surface area contributed by atoms with Crippen LogP contribution in [0.15, 0.2) is 24.4 Å². The molecule has 5 heteroatoms. The highest BCUT2D eigenvalue weighted by molar-refractivity contribution is 5.78. The number of hydrogen-bond acceptors (Lipinski definition) is 3. The molecule has 0 radical (unpaired) electrons. The third kappa shape index (κ3) is 4.85. The van der Waals surface area contributed by atoms with Gasteiger partial charge in [0.1, 0.15) is 0 Å². The summed E-state index contributed by atoms with van der Waals surface area (Å²) in [5.74, 6) is -1.34. The van der Waals surface area contributed by atoms with Crippen LogP contribution in [-0.4, -0.2) is 28.0 Å². The van der Waals surface area contributed by atoms with E-state index in [2.05, 4.69) is 10.3 Å². The zero-order valence-corrected chi connectivity index (χ0v) is 12.1. The lowest BCUT2D eigenvalue weighted by atomic mass is 9.94. The summed E-state index contributed by atoms with van der Waals surface area (Å²) in [4.78, 5) is 27.5. The summed E-state index contributed by atoms with van der Waals surface area (Å²) < 4.78 is 0. The Balaban J connectivity index is 1.86. The molecule has 1 aliphatic carbocycles. The lowest BCUT2D eigenvalue weighted by molar-refractivity contribution is -0.143. The summed E-state index contributed by atoms with van der Waals surface area (Å²) in [7, 11) is 0. The molecule has 2 rings (SSSR count). The summed E-state index contributed by atoms with van der Waals surface area (Å²) in [6.07, 6.45) is 7.00. The number of hydrogen-bond donors (Lipinski definition) is 2. The van der Waals surface area contributed by atoms with Crippen molar-refractivity contribution in [2.45, 2.75) is 51.0 Å². The molecule has 0 aromatic carbocycles. The molecule has 0 bridgehead atoms. The number of carboxylic acids is 1. The van der Waals surface area contributed by atoms with Crippen molar-refractivity contribution in [3.05, 3.63) is 30.1 Å². The van der Waals surface area contributed by atoms with Crippen LogP contribution in [-0.2, 0) is 16.0 Å². The molecule has 1 saturated carbocycles. The maximum Gasteiger partial charge on any atom is 0.308 e. The van der Waals surface area contributed by atoms with E-state index in [9.17, 15) is 14.7 Å². The molecule has 114 valence electrons. The molecule has 2 atom stereocenters. The molecular formula is C16H22N2O3. The predicted molar refractivity (Wildman–Crippen MR) is 78.7 cm³/mol. The average molecular weight is 290 g/mol. The summed E-state index contributed by atoms with van der Waals surface area (Å²) in [6, 6.07) is 5.39. The number of carbonyl (C=O) groups excluding carboxylic acids is 1. The maximum absolute atomic E-state index is 12.0. The quantitative estimate of drug-likeness (QED) is 0.814. The molecule has 1 fully saturated rings. The van der Waals surface area contributed by atoms with Crippen molar-refractivity contribution in [2.75, 3.05) is 0 Å². The minimum absolute atomic E-state index is 0.0844. The Kier molecular flexibility index (Phi) is 5.72. The highest BCUT2D eigenvalue weighted by atomic mass is 16.4. The minimum Gasteiger partial charge on any atom is -0.481 e. The van der Waals surface area contributed by atoms with Crippen LogP contribution >= 0.6 is 0 Å². The smallest absolute Gasteiger partial charge is 0.308 e. The Bertz CT molecular complexity index is 476. The number of amides is 1. The minimum atomic E-state index is -0.799. The van der Waals surface area contributed by atoms with Gasteiger partial charge in [-0.05, 0) is 31.4 Å². The van der Waals surface area contributed by atoms with Gasteiger partial charge in [-0.1, -0.05) is 25.3 Å². The largest absolute Gasteiger partial charge is 0.481 e. The van der Waals surface area contributed by atoms with Gasteiger partial charge < -0.3 is 10.4 Å². The van der Waals surface area contributed by atoms with Gasteiger partial charge in [-0.3, -0.25) is 14.6 Å². The molecule has 0 spiro atoms. The van der Waals surface area contributed by atoms with Crippen LogP contribution < -0.4 is 5.32 Å². The lowest BCUT2D eigenvalue weighted by Gasteiger charge is -2.22. The van der Waals surface area contributed by atoms with Gasteiger partial charge in [0.25, 0.3) is 0 Å². The van der Waals surface area contributed by atoms with Crippen molar-refractivity contribution in [3.8, 4) is 0 Å². The molecule has 0 aliphatic heterocycles. The normalized spacial score (nSPS) is 22.3. The molecule has 5 nitrogen and oxygen atoms in total. The first-order valence-electron chi connectivity index (χ1n) is 7.59. The molecule has 2 unspecified atom stereocenters. The number of aliphatic carboxylic acids is 1. The van der Waals surface area contributed by atoms with E-state index in [0.29, 0.717) is 19.3 Å². The summed E-state index contributed by atoms with van der Waals surface area (Å²) in [6.45, 7) is 0. The molecule has 2 N–H and O–H groups in total. The van der Waals surface area contributed by atoms with Crippen molar-refractivity contribution in [2.24, 2.45) is 5.92 Å². The van der Waals surface area contributed by atoms with Gasteiger partial charge in [0.15, 0.2) is 0 Å². The fourth-order valence-electron chi connectivity index (χ4n) is 2.84. The second kappa shape index (κ2) is 7.76. The van der Waals surface area contributed by atoms with Gasteiger partial charge in [-0.2, -0.15) is 0 Å². The van der Waals surface area contributed by atoms with Gasteiger partial charge >= 0.3 is 5.97 Å². The fourth-order valence-corrected chi connectivity index (χ4v) is 2.84. The zero-order chi connectivity index (χ0) is 15.1. The third-order valence-electron chi connectivity index (χ3n) is 4.01. The van der Waals surface area contributed by atoms with Crippen LogP contribution in [0.2, 0.25) is 0 Å². The van der Waals surface area contributed by atoms with Crippen molar-refractivity contribution < 1.29 is 14.7 Å². The van der Waals surface area contributed by atoms with Gasteiger partial charge in [0, 0.05) is 24.4 Å². The maximum atomic E-state index is 12.0. The monoisotopic (exact) mass is 290 g/mol. The van der Waals surface area contributed by atoms with Crippen LogP contribution in [0.5, 0.6) is 0 Å². The lowest BCUT2D eigenvalue weighted by Crippen LogP contribution is -2.42. The van der Waals surface area contributed by atoms with Crippen LogP contribution in [0.3, 0.4) is 0 Å². The zero-order valence-electron chi connectivity index (χ0n) is 12.1. The average Bonchev–Trinajstić information content (AvgIpc) is 2.72. The van der Waals surface area contributed by atoms with Crippen molar-refractivity contribution in [1.82, 2.24) is 10.3 Å². The Morgan fingerprint density at radius 3 is 2.76 bits per heavy atom. The van der Waals surface area contributed by atoms with Gasteiger partial charge in [0.2, 0.25) is 5.91 Å². The molecule has 1 heterocycles. The summed E-state index contributed by atoms with van der Waals surface area (Å²) >= 11 is 0. The second-order valence-corrected chi connectivity index (χ2v) is 5.58. The van der Waals surface area contributed by atoms with Crippen molar-refractivity contribution >= 4 is 11.9 Å². The van der Waals surface area contributed by atoms with Crippen LogP contribution in [0.25, 0.3) is 0 Å². The second-order valence-electron chi connectivity index (χ2n) is 5.58. The SMILES string of the molecule is O=C(CCc1ccccn1)NC1CCCCCC1C(=O)O. The number of carboxylic acid groups (broad SMARTS) is 1. The molecule has 1 amide bonds. The van der Waals surface area contributed by atoms with E-state index in [1.165, 1.54) is 0 Å². The fraction of sp³-hybridized carbons (Fsp3) is 0.562. The van der Waals surface area contributed by atoms with E-state index < -0.39 is 11.9 Å². The van der Waals surface area contributed by atoms with Crippen LogP contribution in [0.4, 0.5) is 0 Å². The van der Waals surface area contributed by atoms with E-state index in [1.807, 2.05) is 18.2 Å². The number of nitrogens with zero attached hydrogens (tertiary/aromatic N) is 1. The van der Waals surface area contributed by atoms with Crippen molar-refractivity contribution in [1.29, 1.82) is 0 Å². The van der Waals surface area contributed by atoms with Crippen LogP contribution in [0.1, 0.15) is 44.2 Å². The first kappa shape index (κ1) is 15.5. The Morgan fingerprint density at radius 2 is 2.05 bits per heavy atom. The molecule has 1 aromatic rings.